The van der Waals surface area contributed by atoms with Crippen molar-refractivity contribution < 1.29 is 0 Å². The molecule has 0 aliphatic heterocycles. The first-order valence-corrected chi connectivity index (χ1v) is 13.5. The highest BCUT2D eigenvalue weighted by atomic mass is 32.2. The predicted molar refractivity (Wildman–Crippen MR) is 136 cm³/mol. The molecule has 0 aromatic heterocycles. The molecule has 30 heavy (non-hydrogen) atoms. The minimum atomic E-state index is 0.467. The molecule has 0 spiro atoms. The average molecular weight is 441 g/mol. The van der Waals surface area contributed by atoms with Gasteiger partial charge in [-0.25, -0.2) is 0 Å². The summed E-state index contributed by atoms with van der Waals surface area (Å²) < 4.78 is 5.75. The van der Waals surface area contributed by atoms with Crippen LogP contribution in [0.15, 0.2) is 60.7 Å². The van der Waals surface area contributed by atoms with Gasteiger partial charge in [0.05, 0.1) is 4.58 Å². The number of nitrogens with zero attached hydrogens (tertiary/aromatic N) is 2. The van der Waals surface area contributed by atoms with Crippen LogP contribution in [0.5, 0.6) is 0 Å². The first-order valence-electron chi connectivity index (χ1n) is 11.8. The Balaban J connectivity index is 1.49. The molecule has 2 aromatic carbocycles. The first kappa shape index (κ1) is 22.0. The molecule has 0 bridgehead atoms. The van der Waals surface area contributed by atoms with Crippen LogP contribution in [0.25, 0.3) is 0 Å². The van der Waals surface area contributed by atoms with E-state index >= 15 is 0 Å². The van der Waals surface area contributed by atoms with E-state index in [9.17, 15) is 0 Å². The van der Waals surface area contributed by atoms with Gasteiger partial charge in [0.2, 0.25) is 0 Å². The Morgan fingerprint density at radius 2 is 0.967 bits per heavy atom. The summed E-state index contributed by atoms with van der Waals surface area (Å²) in [6.07, 6.45) is 13.6. The maximum atomic E-state index is 2.64. The van der Waals surface area contributed by atoms with Crippen molar-refractivity contribution in [1.29, 1.82) is 0 Å². The molecular weight excluding hydrogens is 404 g/mol. The molecule has 2 aromatic rings. The summed E-state index contributed by atoms with van der Waals surface area (Å²) in [5.74, 6) is 0. The van der Waals surface area contributed by atoms with Crippen molar-refractivity contribution in [3.63, 3.8) is 0 Å². The van der Waals surface area contributed by atoms with Gasteiger partial charge in [0.1, 0.15) is 0 Å². The summed E-state index contributed by atoms with van der Waals surface area (Å²) >= 11 is 4.09. The molecule has 162 valence electrons. The molecule has 0 heterocycles. The Morgan fingerprint density at radius 3 is 1.33 bits per heavy atom. The fraction of sp³-hybridized carbons (Fsp3) is 0.538. The van der Waals surface area contributed by atoms with E-state index in [0.29, 0.717) is 16.7 Å². The number of para-hydroxylation sites is 2. The summed E-state index contributed by atoms with van der Waals surface area (Å²) in [6, 6.07) is 23.5. The second-order valence-electron chi connectivity index (χ2n) is 8.68. The van der Waals surface area contributed by atoms with Crippen molar-refractivity contribution in [2.75, 3.05) is 8.61 Å². The van der Waals surface area contributed by atoms with Crippen LogP contribution in [-0.2, 0) is 0 Å². The standard InChI is InChI=1S/C26H36N2S2/c1-22(29-27(23-14-6-2-7-15-23)24-16-8-3-9-17-24)30-28(25-18-10-4-11-19-25)26-20-12-5-13-21-26/h2,4,6-7,10-11,14-15,18-19,22,24,26H,3,5,8-9,12-13,16-17,20-21H2,1H3. The van der Waals surface area contributed by atoms with Crippen LogP contribution in [0.4, 0.5) is 11.4 Å². The fourth-order valence-corrected chi connectivity index (χ4v) is 7.44. The molecule has 2 aliphatic rings. The smallest absolute Gasteiger partial charge is 0.0873 e. The van der Waals surface area contributed by atoms with Crippen LogP contribution >= 0.6 is 23.9 Å². The number of hydrogen-bond acceptors (Lipinski definition) is 4. The lowest BCUT2D eigenvalue weighted by Gasteiger charge is -2.39. The maximum Gasteiger partial charge on any atom is 0.0873 e. The van der Waals surface area contributed by atoms with E-state index in [1.54, 1.807) is 0 Å². The van der Waals surface area contributed by atoms with Crippen molar-refractivity contribution in [2.45, 2.75) is 87.8 Å². The third kappa shape index (κ3) is 5.91. The van der Waals surface area contributed by atoms with Gasteiger partial charge in [0.25, 0.3) is 0 Å². The van der Waals surface area contributed by atoms with Crippen LogP contribution in [0.1, 0.15) is 71.1 Å². The van der Waals surface area contributed by atoms with E-state index in [4.69, 9.17) is 0 Å². The van der Waals surface area contributed by atoms with Crippen molar-refractivity contribution in [2.24, 2.45) is 0 Å². The third-order valence-electron chi connectivity index (χ3n) is 6.36. The Morgan fingerprint density at radius 1 is 0.600 bits per heavy atom. The number of benzene rings is 2. The van der Waals surface area contributed by atoms with Gasteiger partial charge in [-0.2, -0.15) is 0 Å². The second-order valence-corrected chi connectivity index (χ2v) is 11.6. The molecule has 0 amide bonds. The third-order valence-corrected chi connectivity index (χ3v) is 8.94. The van der Waals surface area contributed by atoms with E-state index in [-0.39, 0.29) is 0 Å². The van der Waals surface area contributed by atoms with Gasteiger partial charge in [-0.1, -0.05) is 74.9 Å². The molecule has 2 fully saturated rings. The van der Waals surface area contributed by atoms with E-state index in [0.717, 1.165) is 0 Å². The van der Waals surface area contributed by atoms with Crippen LogP contribution in [0.2, 0.25) is 0 Å². The van der Waals surface area contributed by atoms with E-state index in [1.165, 1.54) is 75.6 Å². The van der Waals surface area contributed by atoms with Crippen molar-refractivity contribution in [3.05, 3.63) is 60.7 Å². The first-order chi connectivity index (χ1) is 14.8. The zero-order chi connectivity index (χ0) is 20.6. The zero-order valence-corrected chi connectivity index (χ0v) is 19.9. The van der Waals surface area contributed by atoms with Gasteiger partial charge < -0.3 is 8.61 Å². The Kier molecular flexibility index (Phi) is 8.33. The van der Waals surface area contributed by atoms with E-state index in [1.807, 2.05) is 23.9 Å². The highest BCUT2D eigenvalue weighted by Gasteiger charge is 2.28. The van der Waals surface area contributed by atoms with Gasteiger partial charge in [-0.15, -0.1) is 0 Å². The van der Waals surface area contributed by atoms with Crippen molar-refractivity contribution in [3.8, 4) is 0 Å². The fourth-order valence-electron chi connectivity index (χ4n) is 4.84. The number of hydrogen-bond donors (Lipinski definition) is 0. The van der Waals surface area contributed by atoms with Crippen LogP contribution in [0.3, 0.4) is 0 Å². The monoisotopic (exact) mass is 440 g/mol. The highest BCUT2D eigenvalue weighted by Crippen LogP contribution is 2.41. The van der Waals surface area contributed by atoms with Crippen molar-refractivity contribution >= 4 is 35.3 Å². The van der Waals surface area contributed by atoms with Gasteiger partial charge in [-0.05, 0) is 80.8 Å². The minimum absolute atomic E-state index is 0.467. The van der Waals surface area contributed by atoms with Gasteiger partial charge >= 0.3 is 0 Å². The molecule has 0 atom stereocenters. The quantitative estimate of drug-likeness (QED) is 0.300. The number of anilines is 2. The minimum Gasteiger partial charge on any atom is -0.312 e. The topological polar surface area (TPSA) is 6.48 Å². The zero-order valence-electron chi connectivity index (χ0n) is 18.3. The largest absolute Gasteiger partial charge is 0.312 e. The van der Waals surface area contributed by atoms with Gasteiger partial charge in [0, 0.05) is 23.5 Å². The van der Waals surface area contributed by atoms with Gasteiger partial charge in [0.15, 0.2) is 0 Å². The van der Waals surface area contributed by atoms with Crippen LogP contribution < -0.4 is 8.61 Å². The Bertz CT molecular complexity index is 664. The molecule has 0 unspecified atom stereocenters. The molecule has 4 rings (SSSR count). The molecule has 0 saturated heterocycles. The number of rotatable bonds is 8. The summed E-state index contributed by atoms with van der Waals surface area (Å²) in [5, 5.41) is 0. The molecule has 2 saturated carbocycles. The van der Waals surface area contributed by atoms with Crippen LogP contribution in [-0.4, -0.2) is 16.7 Å². The lowest BCUT2D eigenvalue weighted by atomic mass is 9.95. The molecule has 2 nitrogen and oxygen atoms in total. The average Bonchev–Trinajstić information content (AvgIpc) is 2.83. The molecule has 0 N–H and O–H groups in total. The maximum absolute atomic E-state index is 2.64. The van der Waals surface area contributed by atoms with Crippen LogP contribution in [0, 0.1) is 0 Å². The summed E-state index contributed by atoms with van der Waals surface area (Å²) in [7, 11) is 0. The molecule has 4 heteroatoms. The predicted octanol–water partition coefficient (Wildman–Crippen LogP) is 8.31. The lowest BCUT2D eigenvalue weighted by Crippen LogP contribution is -2.35. The normalized spacial score (nSPS) is 18.5. The van der Waals surface area contributed by atoms with Gasteiger partial charge in [-0.3, -0.25) is 0 Å². The molecule has 0 radical (unpaired) electrons. The van der Waals surface area contributed by atoms with Crippen molar-refractivity contribution in [1.82, 2.24) is 0 Å². The van der Waals surface area contributed by atoms with E-state index < -0.39 is 0 Å². The molecule has 2 aliphatic carbocycles. The Hall–Kier alpha value is -1.26. The summed E-state index contributed by atoms with van der Waals surface area (Å²) in [6.45, 7) is 2.40. The Labute approximate surface area is 192 Å². The summed E-state index contributed by atoms with van der Waals surface area (Å²) in [5.41, 5.74) is 2.73. The summed E-state index contributed by atoms with van der Waals surface area (Å²) in [4.78, 5) is 0. The second kappa shape index (κ2) is 11.4. The SMILES string of the molecule is CC(SN(c1ccccc1)C1CCCCC1)SN(c1ccccc1)C1CCCCC1. The highest BCUT2D eigenvalue weighted by molar-refractivity contribution is 8.18. The van der Waals surface area contributed by atoms with E-state index in [2.05, 4.69) is 76.2 Å². The molecular formula is C26H36N2S2. The lowest BCUT2D eigenvalue weighted by molar-refractivity contribution is 0.446.